The summed E-state index contributed by atoms with van der Waals surface area (Å²) in [6.45, 7) is 2.85. The van der Waals surface area contributed by atoms with Gasteiger partial charge in [0.15, 0.2) is 0 Å². The second-order valence-corrected chi connectivity index (χ2v) is 4.58. The summed E-state index contributed by atoms with van der Waals surface area (Å²) in [6.07, 6.45) is 1.76. The number of nitrogens with one attached hydrogen (secondary N) is 1. The summed E-state index contributed by atoms with van der Waals surface area (Å²) in [7, 11) is 0. The normalized spacial score (nSPS) is 10.1. The summed E-state index contributed by atoms with van der Waals surface area (Å²) in [5, 5.41) is 2.75. The number of primary amides is 1. The van der Waals surface area contributed by atoms with Gasteiger partial charge in [0.05, 0.1) is 0 Å². The quantitative estimate of drug-likeness (QED) is 0.699. The van der Waals surface area contributed by atoms with E-state index < -0.39 is 5.91 Å². The van der Waals surface area contributed by atoms with E-state index in [4.69, 9.17) is 11.5 Å². The average molecular weight is 278 g/mol. The fraction of sp³-hybridized carbons (Fsp3) is 0.429. The summed E-state index contributed by atoms with van der Waals surface area (Å²) in [4.78, 5) is 24.6. The maximum Gasteiger partial charge on any atom is 0.322 e. The van der Waals surface area contributed by atoms with Crippen LogP contribution >= 0.6 is 0 Å². The summed E-state index contributed by atoms with van der Waals surface area (Å²) in [5.41, 5.74) is 12.3. The van der Waals surface area contributed by atoms with Gasteiger partial charge in [0.1, 0.15) is 6.54 Å². The third-order valence-electron chi connectivity index (χ3n) is 2.83. The molecule has 0 heterocycles. The summed E-state index contributed by atoms with van der Waals surface area (Å²) in [5.74, 6) is -0.521. The number of carbonyl (C=O) groups is 2. The van der Waals surface area contributed by atoms with Gasteiger partial charge in [-0.3, -0.25) is 4.79 Å². The van der Waals surface area contributed by atoms with Crippen LogP contribution in [0.25, 0.3) is 0 Å². The molecule has 5 N–H and O–H groups in total. The fourth-order valence-corrected chi connectivity index (χ4v) is 1.77. The first kappa shape index (κ1) is 16.0. The zero-order valence-electron chi connectivity index (χ0n) is 11.8. The van der Waals surface area contributed by atoms with Gasteiger partial charge in [-0.25, -0.2) is 4.79 Å². The van der Waals surface area contributed by atoms with Crippen molar-refractivity contribution in [1.82, 2.24) is 4.90 Å². The third-order valence-corrected chi connectivity index (χ3v) is 2.83. The van der Waals surface area contributed by atoms with Crippen LogP contribution in [0.15, 0.2) is 24.3 Å². The monoisotopic (exact) mass is 278 g/mol. The Kier molecular flexibility index (Phi) is 6.52. The van der Waals surface area contributed by atoms with Crippen molar-refractivity contribution in [2.45, 2.75) is 26.3 Å². The molecule has 0 fully saturated rings. The molecule has 6 nitrogen and oxygen atoms in total. The van der Waals surface area contributed by atoms with Gasteiger partial charge >= 0.3 is 6.03 Å². The molecular weight excluding hydrogens is 256 g/mol. The van der Waals surface area contributed by atoms with Crippen LogP contribution in [0.5, 0.6) is 0 Å². The first-order valence-electron chi connectivity index (χ1n) is 6.70. The number of carbonyl (C=O) groups excluding carboxylic acids is 2. The van der Waals surface area contributed by atoms with Gasteiger partial charge in [-0.05, 0) is 24.1 Å². The number of hydrogen-bond acceptors (Lipinski definition) is 3. The molecule has 6 heteroatoms. The van der Waals surface area contributed by atoms with E-state index >= 15 is 0 Å². The number of anilines is 1. The standard InChI is InChI=1S/C14H22N4O2/c1-2-3-7-18(10-13(16)19)14(20)17-12-6-4-5-11(8-12)9-15/h4-6,8H,2-3,7,9-10,15H2,1H3,(H2,16,19)(H,17,20). The Morgan fingerprint density at radius 2 is 2.10 bits per heavy atom. The number of unbranched alkanes of at least 4 members (excludes halogenated alkanes) is 1. The SMILES string of the molecule is CCCCN(CC(N)=O)C(=O)Nc1cccc(CN)c1. The molecule has 0 unspecified atom stereocenters. The molecule has 0 aromatic heterocycles. The molecule has 3 amide bonds. The first-order chi connectivity index (χ1) is 9.56. The molecule has 0 saturated carbocycles. The highest BCUT2D eigenvalue weighted by Crippen LogP contribution is 2.11. The molecular formula is C14H22N4O2. The Morgan fingerprint density at radius 1 is 1.35 bits per heavy atom. The molecule has 110 valence electrons. The number of nitrogens with two attached hydrogens (primary N) is 2. The third kappa shape index (κ3) is 5.27. The van der Waals surface area contributed by atoms with Crippen molar-refractivity contribution in [3.8, 4) is 0 Å². The van der Waals surface area contributed by atoms with Crippen molar-refractivity contribution >= 4 is 17.6 Å². The number of rotatable bonds is 7. The van der Waals surface area contributed by atoms with Gasteiger partial charge in [-0.2, -0.15) is 0 Å². The minimum absolute atomic E-state index is 0.0809. The molecule has 0 aliphatic heterocycles. The second-order valence-electron chi connectivity index (χ2n) is 4.58. The number of nitrogens with zero attached hydrogens (tertiary/aromatic N) is 1. The predicted molar refractivity (Wildman–Crippen MR) is 79.0 cm³/mol. The summed E-state index contributed by atoms with van der Waals surface area (Å²) >= 11 is 0. The number of urea groups is 1. The predicted octanol–water partition coefficient (Wildman–Crippen LogP) is 1.26. The molecule has 1 aromatic carbocycles. The minimum atomic E-state index is -0.521. The van der Waals surface area contributed by atoms with Gasteiger partial charge in [-0.15, -0.1) is 0 Å². The minimum Gasteiger partial charge on any atom is -0.368 e. The lowest BCUT2D eigenvalue weighted by atomic mass is 10.2. The number of amides is 3. The van der Waals surface area contributed by atoms with E-state index in [-0.39, 0.29) is 12.6 Å². The van der Waals surface area contributed by atoms with Crippen LogP contribution in [0.1, 0.15) is 25.3 Å². The van der Waals surface area contributed by atoms with Crippen LogP contribution in [-0.4, -0.2) is 29.9 Å². The van der Waals surface area contributed by atoms with Crippen LogP contribution in [0.2, 0.25) is 0 Å². The lowest BCUT2D eigenvalue weighted by Crippen LogP contribution is -2.41. The molecule has 0 atom stereocenters. The maximum absolute atomic E-state index is 12.1. The molecule has 0 saturated heterocycles. The van der Waals surface area contributed by atoms with Gasteiger partial charge in [0, 0.05) is 18.8 Å². The van der Waals surface area contributed by atoms with Gasteiger partial charge < -0.3 is 21.7 Å². The van der Waals surface area contributed by atoms with Crippen LogP contribution in [0.3, 0.4) is 0 Å². The zero-order valence-corrected chi connectivity index (χ0v) is 11.8. The van der Waals surface area contributed by atoms with Crippen molar-refractivity contribution in [3.05, 3.63) is 29.8 Å². The molecule has 0 aliphatic rings. The van der Waals surface area contributed by atoms with Crippen molar-refractivity contribution in [1.29, 1.82) is 0 Å². The van der Waals surface area contributed by atoms with Gasteiger partial charge in [0.2, 0.25) is 5.91 Å². The van der Waals surface area contributed by atoms with Crippen LogP contribution in [-0.2, 0) is 11.3 Å². The van der Waals surface area contributed by atoms with Crippen LogP contribution < -0.4 is 16.8 Å². The van der Waals surface area contributed by atoms with Gasteiger partial charge in [-0.1, -0.05) is 25.5 Å². The Bertz CT molecular complexity index is 462. The smallest absolute Gasteiger partial charge is 0.322 e. The Labute approximate surface area is 119 Å². The average Bonchev–Trinajstić information content (AvgIpc) is 2.43. The topological polar surface area (TPSA) is 101 Å². The molecule has 0 spiro atoms. The maximum atomic E-state index is 12.1. The largest absolute Gasteiger partial charge is 0.368 e. The fourth-order valence-electron chi connectivity index (χ4n) is 1.77. The van der Waals surface area contributed by atoms with E-state index in [0.717, 1.165) is 18.4 Å². The molecule has 0 radical (unpaired) electrons. The van der Waals surface area contributed by atoms with E-state index in [1.807, 2.05) is 19.1 Å². The molecule has 1 rings (SSSR count). The summed E-state index contributed by atoms with van der Waals surface area (Å²) in [6, 6.07) is 6.96. The van der Waals surface area contributed by atoms with Crippen molar-refractivity contribution in [2.75, 3.05) is 18.4 Å². The van der Waals surface area contributed by atoms with E-state index in [0.29, 0.717) is 18.8 Å². The number of hydrogen-bond donors (Lipinski definition) is 3. The van der Waals surface area contributed by atoms with E-state index in [1.165, 1.54) is 4.90 Å². The van der Waals surface area contributed by atoms with Gasteiger partial charge in [0.25, 0.3) is 0 Å². The molecule has 1 aromatic rings. The van der Waals surface area contributed by atoms with E-state index in [9.17, 15) is 9.59 Å². The molecule has 20 heavy (non-hydrogen) atoms. The highest BCUT2D eigenvalue weighted by atomic mass is 16.2. The Hall–Kier alpha value is -2.08. The summed E-state index contributed by atoms with van der Waals surface area (Å²) < 4.78 is 0. The van der Waals surface area contributed by atoms with Crippen molar-refractivity contribution in [2.24, 2.45) is 11.5 Å². The highest BCUT2D eigenvalue weighted by Gasteiger charge is 2.15. The highest BCUT2D eigenvalue weighted by molar-refractivity contribution is 5.92. The Balaban J connectivity index is 2.70. The van der Waals surface area contributed by atoms with Crippen molar-refractivity contribution < 1.29 is 9.59 Å². The Morgan fingerprint density at radius 3 is 2.70 bits per heavy atom. The zero-order chi connectivity index (χ0) is 15.0. The lowest BCUT2D eigenvalue weighted by Gasteiger charge is -2.21. The van der Waals surface area contributed by atoms with E-state index in [2.05, 4.69) is 5.32 Å². The van der Waals surface area contributed by atoms with E-state index in [1.54, 1.807) is 12.1 Å². The lowest BCUT2D eigenvalue weighted by molar-refractivity contribution is -0.118. The first-order valence-corrected chi connectivity index (χ1v) is 6.70. The number of benzene rings is 1. The van der Waals surface area contributed by atoms with Crippen LogP contribution in [0, 0.1) is 0 Å². The second kappa shape index (κ2) is 8.16. The van der Waals surface area contributed by atoms with Crippen molar-refractivity contribution in [3.63, 3.8) is 0 Å². The van der Waals surface area contributed by atoms with Crippen LogP contribution in [0.4, 0.5) is 10.5 Å². The molecule has 0 aliphatic carbocycles. The molecule has 0 bridgehead atoms.